The van der Waals surface area contributed by atoms with E-state index in [1.54, 1.807) is 48.5 Å². The van der Waals surface area contributed by atoms with Gasteiger partial charge in [0, 0.05) is 16.8 Å². The molecule has 1 aliphatic carbocycles. The van der Waals surface area contributed by atoms with Crippen LogP contribution >= 0.6 is 0 Å². The van der Waals surface area contributed by atoms with Crippen LogP contribution in [0.15, 0.2) is 93.9 Å². The van der Waals surface area contributed by atoms with Gasteiger partial charge in [0.05, 0.1) is 16.3 Å². The highest BCUT2D eigenvalue weighted by atomic mass is 32.2. The third-order valence-electron chi connectivity index (χ3n) is 4.66. The zero-order valence-corrected chi connectivity index (χ0v) is 16.8. The fourth-order valence-corrected chi connectivity index (χ4v) is 4.09. The third kappa shape index (κ3) is 3.88. The van der Waals surface area contributed by atoms with Gasteiger partial charge in [0.2, 0.25) is 5.78 Å². The molecular weight excluding hydrogens is 400 g/mol. The van der Waals surface area contributed by atoms with Gasteiger partial charge in [-0.3, -0.25) is 4.79 Å². The number of carbonyl (C=O) groups is 1. The molecule has 3 aromatic rings. The number of phenolic OH excluding ortho intramolecular Hbond substituents is 1. The molecule has 0 saturated carbocycles. The Morgan fingerprint density at radius 1 is 0.867 bits per heavy atom. The van der Waals surface area contributed by atoms with Gasteiger partial charge in [-0.15, -0.1) is 0 Å². The van der Waals surface area contributed by atoms with Gasteiger partial charge in [-0.25, -0.2) is 0 Å². The van der Waals surface area contributed by atoms with Crippen LogP contribution in [0.2, 0.25) is 0 Å². The summed E-state index contributed by atoms with van der Waals surface area (Å²) in [5.41, 5.74) is 2.70. The van der Waals surface area contributed by atoms with Gasteiger partial charge < -0.3 is 10.4 Å². The van der Waals surface area contributed by atoms with E-state index in [4.69, 9.17) is 0 Å². The lowest BCUT2D eigenvalue weighted by molar-refractivity contribution is 0.103. The predicted octanol–water partition coefficient (Wildman–Crippen LogP) is 4.07. The molecule has 0 atom stereocenters. The summed E-state index contributed by atoms with van der Waals surface area (Å²) in [7, 11) is -3.97. The Hall–Kier alpha value is -3.71. The summed E-state index contributed by atoms with van der Waals surface area (Å²) in [4.78, 5) is 13.0. The fraction of sp³-hybridized carbons (Fsp3) is 0.0435. The Balaban J connectivity index is 1.80. The second-order valence-electron chi connectivity index (χ2n) is 6.87. The van der Waals surface area contributed by atoms with E-state index in [1.165, 1.54) is 30.3 Å². The van der Waals surface area contributed by atoms with Gasteiger partial charge in [0.1, 0.15) is 5.75 Å². The predicted molar refractivity (Wildman–Crippen MR) is 115 cm³/mol. The van der Waals surface area contributed by atoms with Crippen molar-refractivity contribution >= 4 is 27.2 Å². The summed E-state index contributed by atoms with van der Waals surface area (Å²) in [6.07, 6.45) is 1.43. The number of nitrogens with one attached hydrogen (secondary N) is 1. The minimum atomic E-state index is -3.97. The first-order chi connectivity index (χ1) is 14.3. The fourth-order valence-electron chi connectivity index (χ4n) is 3.09. The minimum absolute atomic E-state index is 0.0800. The number of anilines is 1. The number of aryl methyl sites for hydroxylation is 1. The van der Waals surface area contributed by atoms with Crippen LogP contribution in [0, 0.1) is 6.92 Å². The van der Waals surface area contributed by atoms with E-state index in [-0.39, 0.29) is 27.8 Å². The molecule has 0 radical (unpaired) electrons. The normalized spacial score (nSPS) is 14.9. The van der Waals surface area contributed by atoms with Crippen LogP contribution in [-0.4, -0.2) is 25.0 Å². The van der Waals surface area contributed by atoms with Gasteiger partial charge in [-0.05, 0) is 49.4 Å². The summed E-state index contributed by atoms with van der Waals surface area (Å²) >= 11 is 0. The van der Waals surface area contributed by atoms with E-state index in [1.807, 2.05) is 6.92 Å². The molecule has 3 aromatic carbocycles. The number of Topliss-reactive ketones (excluding diaryl/α,β-unsaturated/α-hetero) is 1. The SMILES string of the molecule is Cc1ccc(S(=O)(=O)N=C2C=C(Nc3ccc(O)cc3)C(=O)c3ccccc32)cc1. The molecule has 1 aliphatic rings. The number of fused-ring (bicyclic) bond motifs is 1. The molecule has 6 nitrogen and oxygen atoms in total. The maximum atomic E-state index is 12.9. The maximum absolute atomic E-state index is 12.9. The van der Waals surface area contributed by atoms with Gasteiger partial charge >= 0.3 is 0 Å². The summed E-state index contributed by atoms with van der Waals surface area (Å²) in [6, 6.07) is 19.4. The minimum Gasteiger partial charge on any atom is -0.508 e. The van der Waals surface area contributed by atoms with Gasteiger partial charge in [0.15, 0.2) is 0 Å². The van der Waals surface area contributed by atoms with Crippen LogP contribution in [-0.2, 0) is 10.0 Å². The number of rotatable bonds is 4. The Labute approximate surface area is 174 Å². The number of aromatic hydroxyl groups is 1. The molecule has 0 aromatic heterocycles. The molecule has 4 rings (SSSR count). The van der Waals surface area contributed by atoms with E-state index in [2.05, 4.69) is 9.71 Å². The summed E-state index contributed by atoms with van der Waals surface area (Å²) in [5.74, 6) is -0.174. The van der Waals surface area contributed by atoms with Crippen LogP contribution in [0.1, 0.15) is 21.5 Å². The number of allylic oxidation sites excluding steroid dienone is 2. The Bertz CT molecular complexity index is 1290. The maximum Gasteiger partial charge on any atom is 0.282 e. The molecule has 0 aliphatic heterocycles. The smallest absolute Gasteiger partial charge is 0.282 e. The first-order valence-electron chi connectivity index (χ1n) is 9.17. The average Bonchev–Trinajstić information content (AvgIpc) is 2.73. The molecule has 2 N–H and O–H groups in total. The van der Waals surface area contributed by atoms with Crippen molar-refractivity contribution in [1.29, 1.82) is 0 Å². The zero-order chi connectivity index (χ0) is 21.3. The van der Waals surface area contributed by atoms with Crippen molar-refractivity contribution in [2.24, 2.45) is 4.40 Å². The standard InChI is InChI=1S/C23H18N2O4S/c1-15-6-12-18(13-7-15)30(28,29)25-21-14-22(24-16-8-10-17(26)11-9-16)23(27)20-5-3-2-4-19(20)21/h2-14,24,26H,1H3. The number of hydrogen-bond acceptors (Lipinski definition) is 5. The van der Waals surface area contributed by atoms with Crippen molar-refractivity contribution in [3.8, 4) is 5.75 Å². The summed E-state index contributed by atoms with van der Waals surface area (Å²) in [5, 5.41) is 12.4. The monoisotopic (exact) mass is 418 g/mol. The van der Waals surface area contributed by atoms with Crippen LogP contribution in [0.25, 0.3) is 0 Å². The highest BCUT2D eigenvalue weighted by Crippen LogP contribution is 2.25. The molecule has 0 heterocycles. The van der Waals surface area contributed by atoms with Gasteiger partial charge in [-0.1, -0.05) is 42.0 Å². The molecule has 0 spiro atoms. The number of nitrogens with zero attached hydrogens (tertiary/aromatic N) is 1. The molecule has 7 heteroatoms. The van der Waals surface area contributed by atoms with E-state index < -0.39 is 10.0 Å². The number of benzene rings is 3. The topological polar surface area (TPSA) is 95.8 Å². The van der Waals surface area contributed by atoms with E-state index >= 15 is 0 Å². The third-order valence-corrected chi connectivity index (χ3v) is 5.96. The number of carbonyl (C=O) groups excluding carboxylic acids is 1. The number of hydrogen-bond donors (Lipinski definition) is 2. The molecule has 30 heavy (non-hydrogen) atoms. The van der Waals surface area contributed by atoms with Crippen molar-refractivity contribution in [3.05, 3.63) is 101 Å². The average molecular weight is 418 g/mol. The van der Waals surface area contributed by atoms with Crippen LogP contribution in [0.5, 0.6) is 5.75 Å². The summed E-state index contributed by atoms with van der Waals surface area (Å²) in [6.45, 7) is 1.87. The van der Waals surface area contributed by atoms with Crippen LogP contribution < -0.4 is 5.32 Å². The number of phenols is 1. The Morgan fingerprint density at radius 3 is 2.17 bits per heavy atom. The zero-order valence-electron chi connectivity index (χ0n) is 16.0. The van der Waals surface area contributed by atoms with Gasteiger partial charge in [-0.2, -0.15) is 12.8 Å². The van der Waals surface area contributed by atoms with Crippen LogP contribution in [0.3, 0.4) is 0 Å². The van der Waals surface area contributed by atoms with Crippen molar-refractivity contribution in [1.82, 2.24) is 0 Å². The molecule has 0 unspecified atom stereocenters. The largest absolute Gasteiger partial charge is 0.508 e. The lowest BCUT2D eigenvalue weighted by Gasteiger charge is -2.18. The van der Waals surface area contributed by atoms with Crippen molar-refractivity contribution in [3.63, 3.8) is 0 Å². The van der Waals surface area contributed by atoms with Crippen molar-refractivity contribution < 1.29 is 18.3 Å². The molecular formula is C23H18N2O4S. The highest BCUT2D eigenvalue weighted by Gasteiger charge is 2.26. The van der Waals surface area contributed by atoms with Gasteiger partial charge in [0.25, 0.3) is 10.0 Å². The Morgan fingerprint density at radius 2 is 1.50 bits per heavy atom. The number of ketones is 1. The molecule has 150 valence electrons. The van der Waals surface area contributed by atoms with E-state index in [0.29, 0.717) is 16.8 Å². The highest BCUT2D eigenvalue weighted by molar-refractivity contribution is 7.90. The number of sulfonamides is 1. The van der Waals surface area contributed by atoms with E-state index in [9.17, 15) is 18.3 Å². The molecule has 0 saturated heterocycles. The Kier molecular flexibility index (Phi) is 4.97. The van der Waals surface area contributed by atoms with Crippen molar-refractivity contribution in [2.45, 2.75) is 11.8 Å². The first-order valence-corrected chi connectivity index (χ1v) is 10.6. The molecule has 0 amide bonds. The molecule has 0 fully saturated rings. The second kappa shape index (κ2) is 7.61. The summed E-state index contributed by atoms with van der Waals surface area (Å²) < 4.78 is 29.7. The van der Waals surface area contributed by atoms with Crippen molar-refractivity contribution in [2.75, 3.05) is 5.32 Å². The molecule has 0 bridgehead atoms. The lowest BCUT2D eigenvalue weighted by atomic mass is 9.92. The van der Waals surface area contributed by atoms with E-state index in [0.717, 1.165) is 5.56 Å². The lowest BCUT2D eigenvalue weighted by Crippen LogP contribution is -2.22. The first kappa shape index (κ1) is 19.6. The second-order valence-corrected chi connectivity index (χ2v) is 8.47. The van der Waals surface area contributed by atoms with Crippen LogP contribution in [0.4, 0.5) is 5.69 Å². The quantitative estimate of drug-likeness (QED) is 0.623.